The van der Waals surface area contributed by atoms with E-state index in [0.717, 1.165) is 30.5 Å². The maximum atomic E-state index is 12.8. The fourth-order valence-electron chi connectivity index (χ4n) is 4.46. The van der Waals surface area contributed by atoms with Gasteiger partial charge in [0.15, 0.2) is 0 Å². The number of carbonyl (C=O) groups is 2. The summed E-state index contributed by atoms with van der Waals surface area (Å²) in [4.78, 5) is 27.7. The first-order valence-corrected chi connectivity index (χ1v) is 9.46. The lowest BCUT2D eigenvalue weighted by molar-refractivity contribution is -0.147. The predicted octanol–water partition coefficient (Wildman–Crippen LogP) is 2.34. The van der Waals surface area contributed by atoms with E-state index in [1.807, 2.05) is 36.5 Å². The van der Waals surface area contributed by atoms with Crippen LogP contribution in [0.15, 0.2) is 48.7 Å². The Morgan fingerprint density at radius 2 is 1.85 bits per heavy atom. The van der Waals surface area contributed by atoms with E-state index in [1.54, 1.807) is 0 Å². The van der Waals surface area contributed by atoms with Gasteiger partial charge in [0.25, 0.3) is 0 Å². The maximum absolute atomic E-state index is 12.8. The molecule has 5 atom stereocenters. The molecule has 1 aromatic carbocycles. The van der Waals surface area contributed by atoms with Crippen molar-refractivity contribution in [2.24, 2.45) is 11.8 Å². The Morgan fingerprint density at radius 3 is 2.52 bits per heavy atom. The molecule has 2 aliphatic heterocycles. The van der Waals surface area contributed by atoms with Gasteiger partial charge in [-0.15, -0.1) is 0 Å². The number of rotatable bonds is 7. The number of carbonyl (C=O) groups excluding carboxylic acids is 1. The minimum atomic E-state index is -0.937. The lowest BCUT2D eigenvalue weighted by Gasteiger charge is -2.25. The first-order valence-electron chi connectivity index (χ1n) is 9.46. The van der Waals surface area contributed by atoms with Gasteiger partial charge in [-0.3, -0.25) is 9.59 Å². The molecule has 0 aliphatic carbocycles. The zero-order valence-corrected chi connectivity index (χ0v) is 15.0. The lowest BCUT2D eigenvalue weighted by Crippen LogP contribution is -2.44. The number of benzene rings is 1. The van der Waals surface area contributed by atoms with Gasteiger partial charge < -0.3 is 20.1 Å². The molecular weight excluding hydrogens is 344 g/mol. The first-order chi connectivity index (χ1) is 13.1. The number of carboxylic acid groups (broad SMARTS) is 1. The normalized spacial score (nSPS) is 27.4. The summed E-state index contributed by atoms with van der Waals surface area (Å²) in [6, 6.07) is 14.0. The molecule has 3 N–H and O–H groups in total. The highest BCUT2D eigenvalue weighted by Crippen LogP contribution is 2.43. The van der Waals surface area contributed by atoms with Crippen molar-refractivity contribution in [3.05, 3.63) is 59.9 Å². The van der Waals surface area contributed by atoms with Gasteiger partial charge in [0.1, 0.15) is 0 Å². The van der Waals surface area contributed by atoms with Crippen molar-refractivity contribution in [1.29, 1.82) is 0 Å². The number of hydrogen-bond acceptors (Lipinski definition) is 3. The number of carboxylic acids is 1. The van der Waals surface area contributed by atoms with Crippen molar-refractivity contribution < 1.29 is 19.4 Å². The summed E-state index contributed by atoms with van der Waals surface area (Å²) in [5.41, 5.74) is 2.25. The number of aliphatic carboxylic acids is 1. The van der Waals surface area contributed by atoms with Gasteiger partial charge in [0, 0.05) is 24.4 Å². The Hall–Kier alpha value is -2.60. The van der Waals surface area contributed by atoms with Crippen LogP contribution in [0.4, 0.5) is 0 Å². The third-order valence-corrected chi connectivity index (χ3v) is 5.78. The van der Waals surface area contributed by atoms with Crippen molar-refractivity contribution in [1.82, 2.24) is 10.3 Å². The Morgan fingerprint density at radius 1 is 1.11 bits per heavy atom. The molecule has 4 rings (SSSR count). The molecule has 2 aromatic rings. The van der Waals surface area contributed by atoms with Crippen LogP contribution in [-0.2, 0) is 20.7 Å². The van der Waals surface area contributed by atoms with E-state index in [1.165, 1.54) is 0 Å². The van der Waals surface area contributed by atoms with Gasteiger partial charge in [0.2, 0.25) is 5.91 Å². The summed E-state index contributed by atoms with van der Waals surface area (Å²) < 4.78 is 5.71. The third kappa shape index (κ3) is 3.62. The number of H-pyrrole nitrogens is 1. The summed E-state index contributed by atoms with van der Waals surface area (Å²) in [5, 5.41) is 12.5. The van der Waals surface area contributed by atoms with Crippen molar-refractivity contribution >= 4 is 11.9 Å². The second-order valence-corrected chi connectivity index (χ2v) is 7.43. The quantitative estimate of drug-likeness (QED) is 0.699. The molecule has 2 fully saturated rings. The molecule has 1 amide bonds. The summed E-state index contributed by atoms with van der Waals surface area (Å²) in [6.07, 6.45) is 3.55. The highest BCUT2D eigenvalue weighted by molar-refractivity contribution is 5.86. The number of hydrogen-bond donors (Lipinski definition) is 3. The summed E-state index contributed by atoms with van der Waals surface area (Å²) >= 11 is 0. The molecule has 0 radical (unpaired) electrons. The van der Waals surface area contributed by atoms with Crippen LogP contribution >= 0.6 is 0 Å². The summed E-state index contributed by atoms with van der Waals surface area (Å²) in [6.45, 7) is 0.460. The average Bonchev–Trinajstić information content (AvgIpc) is 3.42. The largest absolute Gasteiger partial charge is 0.481 e. The fraction of sp³-hybridized carbons (Fsp3) is 0.429. The summed E-state index contributed by atoms with van der Waals surface area (Å²) in [7, 11) is 0. The van der Waals surface area contributed by atoms with Gasteiger partial charge in [-0.2, -0.15) is 0 Å². The Balaban J connectivity index is 1.45. The van der Waals surface area contributed by atoms with Crippen LogP contribution in [0.1, 0.15) is 30.0 Å². The van der Waals surface area contributed by atoms with E-state index < -0.39 is 17.8 Å². The van der Waals surface area contributed by atoms with Crippen molar-refractivity contribution in [2.75, 3.05) is 6.54 Å². The van der Waals surface area contributed by atoms with Crippen LogP contribution in [-0.4, -0.2) is 40.7 Å². The van der Waals surface area contributed by atoms with Gasteiger partial charge in [-0.05, 0) is 37.0 Å². The number of nitrogens with one attached hydrogen (secondary N) is 2. The minimum Gasteiger partial charge on any atom is -0.481 e. The maximum Gasteiger partial charge on any atom is 0.310 e. The highest BCUT2D eigenvalue weighted by Gasteiger charge is 2.55. The molecule has 1 aromatic heterocycles. The predicted molar refractivity (Wildman–Crippen MR) is 99.2 cm³/mol. The monoisotopic (exact) mass is 368 g/mol. The SMILES string of the molecule is O=C(O)C1C(C(=O)NCC(Cc2ccc[nH]2)c2ccccc2)[C@H]2CC[C@@H]1O2. The van der Waals surface area contributed by atoms with Crippen molar-refractivity contribution in [3.63, 3.8) is 0 Å². The Bertz CT molecular complexity index is 790. The van der Waals surface area contributed by atoms with E-state index in [4.69, 9.17) is 4.74 Å². The van der Waals surface area contributed by atoms with E-state index in [0.29, 0.717) is 6.54 Å². The van der Waals surface area contributed by atoms with Crippen molar-refractivity contribution in [3.8, 4) is 0 Å². The second kappa shape index (κ2) is 7.56. The van der Waals surface area contributed by atoms with Crippen LogP contribution < -0.4 is 5.32 Å². The lowest BCUT2D eigenvalue weighted by atomic mass is 9.78. The van der Waals surface area contributed by atoms with Crippen LogP contribution in [0.2, 0.25) is 0 Å². The van der Waals surface area contributed by atoms with E-state index >= 15 is 0 Å². The zero-order chi connectivity index (χ0) is 18.8. The van der Waals surface area contributed by atoms with Crippen molar-refractivity contribution in [2.45, 2.75) is 37.4 Å². The third-order valence-electron chi connectivity index (χ3n) is 5.78. The molecule has 6 heteroatoms. The van der Waals surface area contributed by atoms with Gasteiger partial charge in [0.05, 0.1) is 24.0 Å². The van der Waals surface area contributed by atoms with Gasteiger partial charge in [-0.1, -0.05) is 30.3 Å². The first kappa shape index (κ1) is 17.8. The smallest absolute Gasteiger partial charge is 0.310 e. The topological polar surface area (TPSA) is 91.4 Å². The molecule has 0 saturated carbocycles. The molecule has 2 saturated heterocycles. The fourth-order valence-corrected chi connectivity index (χ4v) is 4.46. The van der Waals surface area contributed by atoms with E-state index in [-0.39, 0.29) is 24.0 Å². The molecule has 2 bridgehead atoms. The standard InChI is InChI=1S/C21H24N2O4/c24-20(18-16-8-9-17(27-16)19(18)21(25)26)23-12-14(11-15-7-4-10-22-15)13-5-2-1-3-6-13/h1-7,10,14,16-19,22H,8-9,11-12H2,(H,23,24)(H,25,26)/t14?,16-,17+,18?,19?/m1/s1. The molecule has 0 spiro atoms. The molecule has 142 valence electrons. The van der Waals surface area contributed by atoms with Gasteiger partial charge in [-0.25, -0.2) is 0 Å². The molecule has 2 aliphatic rings. The molecule has 3 unspecified atom stereocenters. The van der Waals surface area contributed by atoms with Crippen LogP contribution in [0.3, 0.4) is 0 Å². The number of aromatic nitrogens is 1. The molecular formula is C21H24N2O4. The zero-order valence-electron chi connectivity index (χ0n) is 15.0. The van der Waals surface area contributed by atoms with Crippen LogP contribution in [0, 0.1) is 11.8 Å². The number of aromatic amines is 1. The summed E-state index contributed by atoms with van der Waals surface area (Å²) in [5.74, 6) is -2.36. The highest BCUT2D eigenvalue weighted by atomic mass is 16.5. The molecule has 27 heavy (non-hydrogen) atoms. The van der Waals surface area contributed by atoms with E-state index in [2.05, 4.69) is 22.4 Å². The van der Waals surface area contributed by atoms with E-state index in [9.17, 15) is 14.7 Å². The Kier molecular flexibility index (Phi) is 4.99. The van der Waals surface area contributed by atoms with Crippen LogP contribution in [0.25, 0.3) is 0 Å². The molecule has 3 heterocycles. The molecule has 6 nitrogen and oxygen atoms in total. The minimum absolute atomic E-state index is 0.108. The van der Waals surface area contributed by atoms with Crippen LogP contribution in [0.5, 0.6) is 0 Å². The second-order valence-electron chi connectivity index (χ2n) is 7.43. The van der Waals surface area contributed by atoms with Gasteiger partial charge >= 0.3 is 5.97 Å². The average molecular weight is 368 g/mol. The Labute approximate surface area is 157 Å². The number of fused-ring (bicyclic) bond motifs is 2. The number of ether oxygens (including phenoxy) is 1. The number of amides is 1.